The molecule has 21 heavy (non-hydrogen) atoms. The molecule has 0 bridgehead atoms. The SMILES string of the molecule is COc1ccc(C(O)c2cc(C)nnc2C)c(OC)c1Br. The monoisotopic (exact) mass is 352 g/mol. The van der Waals surface area contributed by atoms with E-state index in [1.807, 2.05) is 19.9 Å². The van der Waals surface area contributed by atoms with Gasteiger partial charge in [-0.3, -0.25) is 0 Å². The molecular weight excluding hydrogens is 336 g/mol. The van der Waals surface area contributed by atoms with Gasteiger partial charge in [0.1, 0.15) is 22.1 Å². The van der Waals surface area contributed by atoms with Crippen LogP contribution < -0.4 is 9.47 Å². The molecule has 1 N–H and O–H groups in total. The van der Waals surface area contributed by atoms with Crippen molar-refractivity contribution in [1.82, 2.24) is 10.2 Å². The van der Waals surface area contributed by atoms with Gasteiger partial charge in [-0.2, -0.15) is 10.2 Å². The fourth-order valence-corrected chi connectivity index (χ4v) is 2.83. The molecule has 0 saturated heterocycles. The molecule has 1 aromatic heterocycles. The molecule has 112 valence electrons. The Labute approximate surface area is 132 Å². The molecule has 0 amide bonds. The Morgan fingerprint density at radius 3 is 2.43 bits per heavy atom. The van der Waals surface area contributed by atoms with Gasteiger partial charge in [0.05, 0.1) is 25.6 Å². The lowest BCUT2D eigenvalue weighted by atomic mass is 9.99. The minimum atomic E-state index is -0.851. The van der Waals surface area contributed by atoms with Crippen molar-refractivity contribution in [2.45, 2.75) is 20.0 Å². The van der Waals surface area contributed by atoms with Gasteiger partial charge in [-0.05, 0) is 48.0 Å². The summed E-state index contributed by atoms with van der Waals surface area (Å²) in [7, 11) is 3.13. The van der Waals surface area contributed by atoms with Crippen LogP contribution in [0.4, 0.5) is 0 Å². The third-order valence-electron chi connectivity index (χ3n) is 3.25. The number of rotatable bonds is 4. The van der Waals surface area contributed by atoms with E-state index in [1.165, 1.54) is 0 Å². The normalized spacial score (nSPS) is 12.1. The Morgan fingerprint density at radius 1 is 1.10 bits per heavy atom. The number of aryl methyl sites for hydroxylation is 2. The van der Waals surface area contributed by atoms with Gasteiger partial charge in [-0.25, -0.2) is 0 Å². The van der Waals surface area contributed by atoms with Crippen LogP contribution in [-0.4, -0.2) is 29.5 Å². The number of benzene rings is 1. The van der Waals surface area contributed by atoms with E-state index < -0.39 is 6.10 Å². The van der Waals surface area contributed by atoms with Crippen LogP contribution in [0, 0.1) is 13.8 Å². The highest BCUT2D eigenvalue weighted by atomic mass is 79.9. The summed E-state index contributed by atoms with van der Waals surface area (Å²) >= 11 is 3.44. The smallest absolute Gasteiger partial charge is 0.142 e. The van der Waals surface area contributed by atoms with Gasteiger partial charge in [-0.15, -0.1) is 0 Å². The van der Waals surface area contributed by atoms with Crippen LogP contribution in [0.1, 0.15) is 28.6 Å². The zero-order valence-corrected chi connectivity index (χ0v) is 13.9. The summed E-state index contributed by atoms with van der Waals surface area (Å²) in [6.45, 7) is 3.65. The first kappa shape index (κ1) is 15.7. The summed E-state index contributed by atoms with van der Waals surface area (Å²) in [5.74, 6) is 1.18. The third kappa shape index (κ3) is 3.01. The molecule has 2 rings (SSSR count). The zero-order valence-electron chi connectivity index (χ0n) is 12.3. The topological polar surface area (TPSA) is 64.5 Å². The van der Waals surface area contributed by atoms with E-state index >= 15 is 0 Å². The fraction of sp³-hybridized carbons (Fsp3) is 0.333. The van der Waals surface area contributed by atoms with Crippen LogP contribution in [0.15, 0.2) is 22.7 Å². The largest absolute Gasteiger partial charge is 0.495 e. The molecule has 1 heterocycles. The fourth-order valence-electron chi connectivity index (χ4n) is 2.15. The summed E-state index contributed by atoms with van der Waals surface area (Å²) in [5, 5.41) is 18.7. The molecular formula is C15H17BrN2O3. The van der Waals surface area contributed by atoms with Gasteiger partial charge in [0, 0.05) is 11.1 Å². The summed E-state index contributed by atoms with van der Waals surface area (Å²) in [5.41, 5.74) is 2.78. The van der Waals surface area contributed by atoms with Gasteiger partial charge in [0.25, 0.3) is 0 Å². The highest BCUT2D eigenvalue weighted by Gasteiger charge is 2.22. The molecule has 0 aliphatic rings. The molecule has 1 unspecified atom stereocenters. The molecule has 0 radical (unpaired) electrons. The number of halogens is 1. The quantitative estimate of drug-likeness (QED) is 0.916. The van der Waals surface area contributed by atoms with Crippen LogP contribution in [0.25, 0.3) is 0 Å². The van der Waals surface area contributed by atoms with E-state index in [0.717, 1.165) is 5.69 Å². The molecule has 5 nitrogen and oxygen atoms in total. The number of aliphatic hydroxyl groups is 1. The van der Waals surface area contributed by atoms with Crippen molar-refractivity contribution in [2.24, 2.45) is 0 Å². The van der Waals surface area contributed by atoms with Crippen molar-refractivity contribution in [3.8, 4) is 11.5 Å². The van der Waals surface area contributed by atoms with E-state index in [1.54, 1.807) is 26.4 Å². The lowest BCUT2D eigenvalue weighted by Crippen LogP contribution is -2.08. The van der Waals surface area contributed by atoms with Gasteiger partial charge < -0.3 is 14.6 Å². The number of hydrogen-bond acceptors (Lipinski definition) is 5. The maximum Gasteiger partial charge on any atom is 0.142 e. The Hall–Kier alpha value is -1.66. The van der Waals surface area contributed by atoms with Gasteiger partial charge in [0.15, 0.2) is 0 Å². The molecule has 0 spiro atoms. The highest BCUT2D eigenvalue weighted by Crippen LogP contribution is 2.41. The molecule has 1 aromatic carbocycles. The minimum absolute atomic E-state index is 0.538. The lowest BCUT2D eigenvalue weighted by molar-refractivity contribution is 0.212. The zero-order chi connectivity index (χ0) is 15.6. The van der Waals surface area contributed by atoms with Crippen molar-refractivity contribution < 1.29 is 14.6 Å². The van der Waals surface area contributed by atoms with Gasteiger partial charge in [-0.1, -0.05) is 0 Å². The van der Waals surface area contributed by atoms with Crippen molar-refractivity contribution in [3.05, 3.63) is 45.2 Å². The summed E-state index contributed by atoms with van der Waals surface area (Å²) in [4.78, 5) is 0. The Balaban J connectivity index is 2.55. The van der Waals surface area contributed by atoms with Crippen LogP contribution in [0.2, 0.25) is 0 Å². The first-order valence-corrected chi connectivity index (χ1v) is 7.18. The number of ether oxygens (including phenoxy) is 2. The van der Waals surface area contributed by atoms with Crippen molar-refractivity contribution in [1.29, 1.82) is 0 Å². The molecule has 1 atom stereocenters. The van der Waals surface area contributed by atoms with Crippen LogP contribution in [-0.2, 0) is 0 Å². The lowest BCUT2D eigenvalue weighted by Gasteiger charge is -2.19. The highest BCUT2D eigenvalue weighted by molar-refractivity contribution is 9.10. The predicted octanol–water partition coefficient (Wildman–Crippen LogP) is 2.95. The van der Waals surface area contributed by atoms with Crippen LogP contribution in [0.3, 0.4) is 0 Å². The Bertz CT molecular complexity index is 662. The van der Waals surface area contributed by atoms with Crippen molar-refractivity contribution >= 4 is 15.9 Å². The number of aliphatic hydroxyl groups excluding tert-OH is 1. The molecule has 0 aliphatic carbocycles. The number of hydrogen-bond donors (Lipinski definition) is 1. The number of methoxy groups -OCH3 is 2. The Kier molecular flexibility index (Phi) is 4.80. The number of aromatic nitrogens is 2. The van der Waals surface area contributed by atoms with Gasteiger partial charge >= 0.3 is 0 Å². The second-order valence-corrected chi connectivity index (χ2v) is 5.43. The summed E-state index contributed by atoms with van der Waals surface area (Å²) < 4.78 is 11.3. The molecule has 0 fully saturated rings. The average Bonchev–Trinajstić information content (AvgIpc) is 2.48. The first-order chi connectivity index (χ1) is 9.99. The summed E-state index contributed by atoms with van der Waals surface area (Å²) in [6, 6.07) is 5.38. The molecule has 0 saturated carbocycles. The van der Waals surface area contributed by atoms with Crippen molar-refractivity contribution in [2.75, 3.05) is 14.2 Å². The third-order valence-corrected chi connectivity index (χ3v) is 4.00. The second kappa shape index (κ2) is 6.41. The molecule has 2 aromatic rings. The van der Waals surface area contributed by atoms with E-state index in [9.17, 15) is 5.11 Å². The van der Waals surface area contributed by atoms with Gasteiger partial charge in [0.2, 0.25) is 0 Å². The Morgan fingerprint density at radius 2 is 1.81 bits per heavy atom. The average molecular weight is 353 g/mol. The number of nitrogens with zero attached hydrogens (tertiary/aromatic N) is 2. The van der Waals surface area contributed by atoms with Crippen LogP contribution >= 0.6 is 15.9 Å². The first-order valence-electron chi connectivity index (χ1n) is 6.38. The predicted molar refractivity (Wildman–Crippen MR) is 82.8 cm³/mol. The van der Waals surface area contributed by atoms with Crippen molar-refractivity contribution in [3.63, 3.8) is 0 Å². The van der Waals surface area contributed by atoms with E-state index in [4.69, 9.17) is 9.47 Å². The van der Waals surface area contributed by atoms with E-state index in [0.29, 0.717) is 32.8 Å². The summed E-state index contributed by atoms with van der Waals surface area (Å²) in [6.07, 6.45) is -0.851. The standard InChI is InChI=1S/C15H17BrN2O3/c1-8-7-11(9(2)18-17-8)14(19)10-5-6-12(20-3)13(16)15(10)21-4/h5-7,14,19H,1-4H3. The minimum Gasteiger partial charge on any atom is -0.495 e. The maximum absolute atomic E-state index is 10.7. The van der Waals surface area contributed by atoms with E-state index in [2.05, 4.69) is 26.1 Å². The van der Waals surface area contributed by atoms with E-state index in [-0.39, 0.29) is 0 Å². The second-order valence-electron chi connectivity index (χ2n) is 4.63. The van der Waals surface area contributed by atoms with Crippen LogP contribution in [0.5, 0.6) is 11.5 Å². The molecule has 6 heteroatoms. The maximum atomic E-state index is 10.7. The molecule has 0 aliphatic heterocycles.